The van der Waals surface area contributed by atoms with Gasteiger partial charge >= 0.3 is 0 Å². The largest absolute Gasteiger partial charge is 0.394 e. The molecule has 32 heavy (non-hydrogen) atoms. The van der Waals surface area contributed by atoms with Crippen molar-refractivity contribution < 1.29 is 20.1 Å². The second kappa shape index (κ2) is 8.85. The van der Waals surface area contributed by atoms with E-state index in [9.17, 15) is 15.3 Å². The lowest BCUT2D eigenvalue weighted by Crippen LogP contribution is -2.57. The number of hydrogen-bond acceptors (Lipinski definition) is 10. The number of piperidine rings is 1. The van der Waals surface area contributed by atoms with Crippen LogP contribution in [0.25, 0.3) is 0 Å². The molecule has 5 rings (SSSR count). The average molecular weight is 460 g/mol. The average Bonchev–Trinajstić information content (AvgIpc) is 3.34. The van der Waals surface area contributed by atoms with Gasteiger partial charge in [0.1, 0.15) is 24.4 Å². The lowest BCUT2D eigenvalue weighted by atomic mass is 9.97. The molecule has 0 aromatic heterocycles. The van der Waals surface area contributed by atoms with Gasteiger partial charge in [-0.15, -0.1) is 0 Å². The minimum Gasteiger partial charge on any atom is -0.394 e. The van der Waals surface area contributed by atoms with Crippen LogP contribution in [-0.4, -0.2) is 98.4 Å². The van der Waals surface area contributed by atoms with Crippen LogP contribution in [0.3, 0.4) is 0 Å². The van der Waals surface area contributed by atoms with E-state index in [1.54, 1.807) is 0 Å². The highest BCUT2D eigenvalue weighted by Crippen LogP contribution is 2.36. The Morgan fingerprint density at radius 1 is 1.16 bits per heavy atom. The van der Waals surface area contributed by atoms with Crippen LogP contribution in [0, 0.1) is 0 Å². The van der Waals surface area contributed by atoms with Gasteiger partial charge in [-0.25, -0.2) is 15.0 Å². The summed E-state index contributed by atoms with van der Waals surface area (Å²) >= 11 is 4.61. The zero-order chi connectivity index (χ0) is 22.3. The van der Waals surface area contributed by atoms with Crippen molar-refractivity contribution in [3.8, 4) is 0 Å². The second-order valence-electron chi connectivity index (χ2n) is 8.73. The van der Waals surface area contributed by atoms with Gasteiger partial charge in [0.25, 0.3) is 0 Å². The van der Waals surface area contributed by atoms with E-state index in [4.69, 9.17) is 9.73 Å². The maximum Gasteiger partial charge on any atom is 0.208 e. The molecule has 0 aliphatic carbocycles. The number of aliphatic hydroxyl groups is 3. The number of thiol groups is 1. The van der Waals surface area contributed by atoms with Gasteiger partial charge in [-0.3, -0.25) is 9.80 Å². The number of amidine groups is 1. The summed E-state index contributed by atoms with van der Waals surface area (Å²) in [6.07, 6.45) is 2.14. The fourth-order valence-electron chi connectivity index (χ4n) is 4.90. The van der Waals surface area contributed by atoms with E-state index in [0.29, 0.717) is 11.5 Å². The molecule has 0 saturated carbocycles. The van der Waals surface area contributed by atoms with Crippen LogP contribution >= 0.6 is 12.6 Å². The minimum absolute atomic E-state index is 0.264. The SMILES string of the molecule is OC[C@H]1O[C@@H](N2C3=NC=NC(O)(Cc4ccccc4)C3=NC2N2CCCCC2)[C@H](S)[C@@H]1O. The maximum atomic E-state index is 11.6. The Morgan fingerprint density at radius 3 is 2.59 bits per heavy atom. The summed E-state index contributed by atoms with van der Waals surface area (Å²) in [6, 6.07) is 9.67. The second-order valence-corrected chi connectivity index (χ2v) is 9.33. The molecule has 0 amide bonds. The number of nitrogens with zero attached hydrogens (tertiary/aromatic N) is 5. The zero-order valence-corrected chi connectivity index (χ0v) is 18.6. The number of benzene rings is 1. The molecule has 2 unspecified atom stereocenters. The van der Waals surface area contributed by atoms with Crippen LogP contribution in [0.2, 0.25) is 0 Å². The fraction of sp³-hybridized carbons (Fsp3) is 0.591. The van der Waals surface area contributed by atoms with Crippen LogP contribution in [0.1, 0.15) is 24.8 Å². The Morgan fingerprint density at radius 2 is 1.91 bits per heavy atom. The van der Waals surface area contributed by atoms with Crippen molar-refractivity contribution in [3.63, 3.8) is 0 Å². The molecule has 0 radical (unpaired) electrons. The Labute approximate surface area is 192 Å². The van der Waals surface area contributed by atoms with E-state index in [1.165, 1.54) is 12.8 Å². The van der Waals surface area contributed by atoms with Crippen molar-refractivity contribution in [2.75, 3.05) is 19.7 Å². The van der Waals surface area contributed by atoms with E-state index in [2.05, 4.69) is 27.5 Å². The van der Waals surface area contributed by atoms with Crippen LogP contribution in [0.5, 0.6) is 0 Å². The van der Waals surface area contributed by atoms with Gasteiger partial charge < -0.3 is 20.1 Å². The van der Waals surface area contributed by atoms with E-state index in [-0.39, 0.29) is 13.0 Å². The smallest absolute Gasteiger partial charge is 0.208 e. The standard InChI is InChI=1S/C22H29N5O4S/c28-12-15-16(29)17(32)20(31-15)27-19-18(25-21(27)26-9-5-2-6-10-26)22(30,24-13-23-19)11-14-7-3-1-4-8-14/h1,3-4,7-8,13,15-17,20-21,28-30,32H,2,5-6,9-12H2/t15-,16-,17-,20-,21?,22?/m1/s1. The fourth-order valence-corrected chi connectivity index (χ4v) is 5.30. The summed E-state index contributed by atoms with van der Waals surface area (Å²) in [6.45, 7) is 1.41. The van der Waals surface area contributed by atoms with Gasteiger partial charge in [0, 0.05) is 19.5 Å². The Bertz CT molecular complexity index is 922. The number of hydrogen-bond donors (Lipinski definition) is 4. The van der Waals surface area contributed by atoms with Crippen molar-refractivity contribution in [2.24, 2.45) is 15.0 Å². The molecule has 0 bridgehead atoms. The Balaban J connectivity index is 1.51. The lowest BCUT2D eigenvalue weighted by molar-refractivity contribution is -0.0839. The van der Waals surface area contributed by atoms with Gasteiger partial charge in [-0.1, -0.05) is 36.8 Å². The lowest BCUT2D eigenvalue weighted by Gasteiger charge is -2.40. The molecule has 4 heterocycles. The molecule has 172 valence electrons. The summed E-state index contributed by atoms with van der Waals surface area (Å²) in [5.41, 5.74) is -0.226. The highest BCUT2D eigenvalue weighted by atomic mass is 32.1. The van der Waals surface area contributed by atoms with Crippen LogP contribution in [0.4, 0.5) is 0 Å². The van der Waals surface area contributed by atoms with E-state index in [0.717, 1.165) is 31.5 Å². The van der Waals surface area contributed by atoms with Crippen LogP contribution in [0.15, 0.2) is 45.3 Å². The van der Waals surface area contributed by atoms with Gasteiger partial charge in [0.2, 0.25) is 5.72 Å². The summed E-state index contributed by atoms with van der Waals surface area (Å²) in [7, 11) is 0. The normalized spacial score (nSPS) is 37.4. The predicted octanol–water partition coefficient (Wildman–Crippen LogP) is 0.261. The minimum atomic E-state index is -1.55. The first-order valence-electron chi connectivity index (χ1n) is 11.1. The monoisotopic (exact) mass is 459 g/mol. The van der Waals surface area contributed by atoms with Crippen molar-refractivity contribution in [1.82, 2.24) is 9.80 Å². The molecule has 9 nitrogen and oxygen atoms in total. The first-order chi connectivity index (χ1) is 15.5. The topological polar surface area (TPSA) is 113 Å². The number of fused-ring (bicyclic) bond motifs is 1. The molecule has 0 spiro atoms. The highest BCUT2D eigenvalue weighted by molar-refractivity contribution is 7.81. The molecule has 4 aliphatic rings. The molecular weight excluding hydrogens is 430 g/mol. The summed E-state index contributed by atoms with van der Waals surface area (Å²) in [5, 5.41) is 31.2. The molecular formula is C22H29N5O4S. The molecule has 2 fully saturated rings. The summed E-state index contributed by atoms with van der Waals surface area (Å²) in [5.74, 6) is 0.476. The molecule has 2 saturated heterocycles. The molecule has 1 aromatic carbocycles. The number of rotatable bonds is 5. The molecule has 3 N–H and O–H groups in total. The van der Waals surface area contributed by atoms with Crippen molar-refractivity contribution in [1.29, 1.82) is 0 Å². The summed E-state index contributed by atoms with van der Waals surface area (Å²) < 4.78 is 6.02. The number of aliphatic imine (C=N–C) groups is 3. The Kier molecular flexibility index (Phi) is 6.08. The van der Waals surface area contributed by atoms with Gasteiger partial charge in [0.05, 0.1) is 18.0 Å². The van der Waals surface area contributed by atoms with Gasteiger partial charge in [0.15, 0.2) is 12.1 Å². The van der Waals surface area contributed by atoms with Crippen molar-refractivity contribution in [2.45, 2.75) is 61.4 Å². The van der Waals surface area contributed by atoms with Crippen molar-refractivity contribution in [3.05, 3.63) is 35.9 Å². The van der Waals surface area contributed by atoms with E-state index >= 15 is 0 Å². The quantitative estimate of drug-likeness (QED) is 0.470. The summed E-state index contributed by atoms with van der Waals surface area (Å²) in [4.78, 5) is 17.9. The number of likely N-dealkylation sites (tertiary alicyclic amines) is 1. The van der Waals surface area contributed by atoms with Crippen LogP contribution in [-0.2, 0) is 11.2 Å². The van der Waals surface area contributed by atoms with E-state index in [1.807, 2.05) is 35.2 Å². The van der Waals surface area contributed by atoms with Crippen LogP contribution < -0.4 is 0 Å². The third-order valence-electron chi connectivity index (χ3n) is 6.58. The molecule has 1 aromatic rings. The molecule has 6 atom stereocenters. The third-order valence-corrected chi connectivity index (χ3v) is 7.14. The molecule has 4 aliphatic heterocycles. The number of ether oxygens (including phenoxy) is 1. The first-order valence-corrected chi connectivity index (χ1v) is 11.6. The van der Waals surface area contributed by atoms with Gasteiger partial charge in [-0.2, -0.15) is 12.6 Å². The first kappa shape index (κ1) is 22.0. The molecule has 10 heteroatoms. The maximum absolute atomic E-state index is 11.6. The highest BCUT2D eigenvalue weighted by Gasteiger charge is 2.54. The van der Waals surface area contributed by atoms with E-state index < -0.39 is 35.7 Å². The number of aliphatic hydroxyl groups excluding tert-OH is 2. The van der Waals surface area contributed by atoms with Crippen molar-refractivity contribution >= 4 is 30.5 Å². The Hall–Kier alpha value is -1.82. The van der Waals surface area contributed by atoms with Gasteiger partial charge in [-0.05, 0) is 18.4 Å². The zero-order valence-electron chi connectivity index (χ0n) is 17.7. The predicted molar refractivity (Wildman–Crippen MR) is 124 cm³/mol. The third kappa shape index (κ3) is 3.78.